The molecule has 0 aromatic heterocycles. The van der Waals surface area contributed by atoms with Gasteiger partial charge in [-0.05, 0) is 57.2 Å². The molecule has 0 aliphatic carbocycles. The first-order valence-electron chi connectivity index (χ1n) is 8.44. The molecule has 0 saturated heterocycles. The lowest BCUT2D eigenvalue weighted by molar-refractivity contribution is -0.125. The minimum Gasteiger partial charge on any atom is -0.485 e. The maximum absolute atomic E-state index is 12.4. The monoisotopic (exact) mass is 354 g/mol. The van der Waals surface area contributed by atoms with Gasteiger partial charge in [0.1, 0.15) is 6.61 Å². The molecular formula is C20H22N2O4. The molecule has 2 amide bonds. The molecule has 0 radical (unpaired) electrons. The number of hydrogen-bond acceptors (Lipinski definition) is 4. The summed E-state index contributed by atoms with van der Waals surface area (Å²) >= 11 is 0. The summed E-state index contributed by atoms with van der Waals surface area (Å²) in [6.07, 6.45) is -0.728. The van der Waals surface area contributed by atoms with Gasteiger partial charge in [0.15, 0.2) is 11.5 Å². The van der Waals surface area contributed by atoms with E-state index in [1.165, 1.54) is 0 Å². The number of benzene rings is 2. The predicted molar refractivity (Wildman–Crippen MR) is 98.6 cm³/mol. The van der Waals surface area contributed by atoms with E-state index in [0.29, 0.717) is 22.7 Å². The highest BCUT2D eigenvalue weighted by molar-refractivity contribution is 5.97. The molecule has 1 aliphatic rings. The summed E-state index contributed by atoms with van der Waals surface area (Å²) in [6.45, 7) is 5.91. The third kappa shape index (κ3) is 4.33. The average molecular weight is 354 g/mol. The topological polar surface area (TPSA) is 76.7 Å². The van der Waals surface area contributed by atoms with Gasteiger partial charge in [0.2, 0.25) is 6.10 Å². The van der Waals surface area contributed by atoms with Crippen LogP contribution in [-0.4, -0.2) is 30.1 Å². The first-order chi connectivity index (χ1) is 12.3. The van der Waals surface area contributed by atoms with E-state index in [2.05, 4.69) is 10.6 Å². The zero-order valence-corrected chi connectivity index (χ0v) is 15.0. The summed E-state index contributed by atoms with van der Waals surface area (Å²) in [7, 11) is 0. The molecule has 2 aromatic rings. The first kappa shape index (κ1) is 17.8. The van der Waals surface area contributed by atoms with Gasteiger partial charge in [-0.25, -0.2) is 0 Å². The molecule has 0 fully saturated rings. The maximum atomic E-state index is 12.4. The Bertz CT molecular complexity index is 809. The summed E-state index contributed by atoms with van der Waals surface area (Å²) in [4.78, 5) is 24.5. The predicted octanol–water partition coefficient (Wildman–Crippen LogP) is 2.99. The van der Waals surface area contributed by atoms with Gasteiger partial charge in [-0.2, -0.15) is 0 Å². The third-order valence-corrected chi connectivity index (χ3v) is 3.70. The van der Waals surface area contributed by atoms with Crippen LogP contribution in [0.1, 0.15) is 31.1 Å². The van der Waals surface area contributed by atoms with Crippen LogP contribution in [-0.2, 0) is 4.79 Å². The van der Waals surface area contributed by atoms with E-state index in [0.717, 1.165) is 0 Å². The Labute approximate surface area is 152 Å². The molecule has 26 heavy (non-hydrogen) atoms. The Morgan fingerprint density at radius 3 is 2.31 bits per heavy atom. The molecule has 0 saturated carbocycles. The molecule has 136 valence electrons. The fraction of sp³-hybridized carbons (Fsp3) is 0.300. The Morgan fingerprint density at radius 1 is 1.00 bits per heavy atom. The molecule has 0 unspecified atom stereocenters. The van der Waals surface area contributed by atoms with Crippen molar-refractivity contribution < 1.29 is 19.1 Å². The number of nitrogens with one attached hydrogen (secondary N) is 2. The van der Waals surface area contributed by atoms with Gasteiger partial charge in [-0.1, -0.05) is 12.1 Å². The number of rotatable bonds is 3. The zero-order valence-electron chi connectivity index (χ0n) is 15.0. The lowest BCUT2D eigenvalue weighted by Crippen LogP contribution is -2.40. The molecule has 2 N–H and O–H groups in total. The van der Waals surface area contributed by atoms with E-state index < -0.39 is 6.10 Å². The highest BCUT2D eigenvalue weighted by Gasteiger charge is 2.27. The van der Waals surface area contributed by atoms with Crippen LogP contribution in [0.3, 0.4) is 0 Å². The van der Waals surface area contributed by atoms with Gasteiger partial charge in [-0.15, -0.1) is 0 Å². The van der Waals surface area contributed by atoms with Gasteiger partial charge in [0.25, 0.3) is 11.8 Å². The Kier molecular flexibility index (Phi) is 4.84. The smallest absolute Gasteiger partial charge is 0.269 e. The van der Waals surface area contributed by atoms with Crippen LogP contribution < -0.4 is 20.1 Å². The lowest BCUT2D eigenvalue weighted by Gasteiger charge is -2.25. The largest absolute Gasteiger partial charge is 0.485 e. The molecular weight excluding hydrogens is 332 g/mol. The normalized spacial score (nSPS) is 15.9. The summed E-state index contributed by atoms with van der Waals surface area (Å²) in [6, 6.07) is 13.9. The van der Waals surface area contributed by atoms with Crippen molar-refractivity contribution in [2.24, 2.45) is 0 Å². The molecule has 1 atom stereocenters. The van der Waals surface area contributed by atoms with Crippen LogP contribution in [0.4, 0.5) is 5.69 Å². The van der Waals surface area contributed by atoms with Gasteiger partial charge in [0, 0.05) is 16.8 Å². The minimum atomic E-state index is -0.728. The van der Waals surface area contributed by atoms with Crippen LogP contribution >= 0.6 is 0 Å². The average Bonchev–Trinajstić information content (AvgIpc) is 2.60. The highest BCUT2D eigenvalue weighted by Crippen LogP contribution is 2.31. The number of hydrogen-bond donors (Lipinski definition) is 2. The van der Waals surface area contributed by atoms with Gasteiger partial charge >= 0.3 is 0 Å². The second-order valence-corrected chi connectivity index (χ2v) is 7.13. The van der Waals surface area contributed by atoms with Crippen molar-refractivity contribution in [3.05, 3.63) is 54.1 Å². The summed E-state index contributed by atoms with van der Waals surface area (Å²) in [5.41, 5.74) is 0.812. The Hall–Kier alpha value is -3.02. The molecule has 1 aliphatic heterocycles. The molecule has 0 spiro atoms. The number of amides is 2. The van der Waals surface area contributed by atoms with Crippen molar-refractivity contribution >= 4 is 17.5 Å². The van der Waals surface area contributed by atoms with Crippen LogP contribution in [0.2, 0.25) is 0 Å². The second kappa shape index (κ2) is 7.07. The molecule has 6 heteroatoms. The summed E-state index contributed by atoms with van der Waals surface area (Å²) in [5, 5.41) is 5.68. The van der Waals surface area contributed by atoms with E-state index in [9.17, 15) is 9.59 Å². The van der Waals surface area contributed by atoms with E-state index in [1.54, 1.807) is 36.4 Å². The van der Waals surface area contributed by atoms with Crippen LogP contribution in [0.25, 0.3) is 0 Å². The van der Waals surface area contributed by atoms with E-state index in [-0.39, 0.29) is 24.0 Å². The molecule has 0 bridgehead atoms. The van der Waals surface area contributed by atoms with E-state index >= 15 is 0 Å². The number of para-hydroxylation sites is 2. The summed E-state index contributed by atoms with van der Waals surface area (Å²) in [5.74, 6) is 0.723. The summed E-state index contributed by atoms with van der Waals surface area (Å²) < 4.78 is 11.2. The minimum absolute atomic E-state index is 0.148. The Morgan fingerprint density at radius 2 is 1.65 bits per heavy atom. The fourth-order valence-electron chi connectivity index (χ4n) is 2.49. The van der Waals surface area contributed by atoms with E-state index in [1.807, 2.05) is 32.9 Å². The quantitative estimate of drug-likeness (QED) is 0.888. The Balaban J connectivity index is 1.61. The van der Waals surface area contributed by atoms with Crippen molar-refractivity contribution in [3.63, 3.8) is 0 Å². The van der Waals surface area contributed by atoms with Crippen LogP contribution in [0.5, 0.6) is 11.5 Å². The SMILES string of the molecule is CC(C)(C)NC(=O)c1ccc(NC(=O)[C@H]2COc3ccccc3O2)cc1. The van der Waals surface area contributed by atoms with Gasteiger partial charge < -0.3 is 20.1 Å². The first-order valence-corrected chi connectivity index (χ1v) is 8.44. The third-order valence-electron chi connectivity index (χ3n) is 3.70. The van der Waals surface area contributed by atoms with Crippen LogP contribution in [0.15, 0.2) is 48.5 Å². The van der Waals surface area contributed by atoms with Crippen molar-refractivity contribution in [3.8, 4) is 11.5 Å². The van der Waals surface area contributed by atoms with E-state index in [4.69, 9.17) is 9.47 Å². The number of ether oxygens (including phenoxy) is 2. The zero-order chi connectivity index (χ0) is 18.7. The number of carbonyl (C=O) groups excluding carboxylic acids is 2. The second-order valence-electron chi connectivity index (χ2n) is 7.13. The van der Waals surface area contributed by atoms with Crippen LogP contribution in [0, 0.1) is 0 Å². The maximum Gasteiger partial charge on any atom is 0.269 e. The van der Waals surface area contributed by atoms with Crippen molar-refractivity contribution in [2.75, 3.05) is 11.9 Å². The van der Waals surface area contributed by atoms with Gasteiger partial charge in [0.05, 0.1) is 0 Å². The molecule has 1 heterocycles. The van der Waals surface area contributed by atoms with Gasteiger partial charge in [-0.3, -0.25) is 9.59 Å². The standard InChI is InChI=1S/C20H22N2O4/c1-20(2,3)22-18(23)13-8-10-14(11-9-13)21-19(24)17-12-25-15-6-4-5-7-16(15)26-17/h4-11,17H,12H2,1-3H3,(H,21,24)(H,22,23)/t17-/m1/s1. The molecule has 2 aromatic carbocycles. The number of fused-ring (bicyclic) bond motifs is 1. The van der Waals surface area contributed by atoms with Crippen molar-refractivity contribution in [1.29, 1.82) is 0 Å². The van der Waals surface area contributed by atoms with Crippen molar-refractivity contribution in [1.82, 2.24) is 5.32 Å². The van der Waals surface area contributed by atoms with Crippen molar-refractivity contribution in [2.45, 2.75) is 32.4 Å². The highest BCUT2D eigenvalue weighted by atomic mass is 16.6. The molecule has 6 nitrogen and oxygen atoms in total. The fourth-order valence-corrected chi connectivity index (χ4v) is 2.49. The number of anilines is 1. The lowest BCUT2D eigenvalue weighted by atomic mass is 10.1. The molecule has 3 rings (SSSR count). The number of carbonyl (C=O) groups is 2.